The minimum Gasteiger partial charge on any atom is -0.396 e. The predicted molar refractivity (Wildman–Crippen MR) is 46.4 cm³/mol. The molecule has 0 rings (SSSR count). The number of aliphatic hydroxyl groups is 2. The van der Waals surface area contributed by atoms with E-state index in [1.54, 1.807) is 0 Å². The molecule has 0 spiro atoms. The Bertz CT molecular complexity index is 70.0. The second-order valence-electron chi connectivity index (χ2n) is 3.08. The molecule has 0 saturated carbocycles. The molecule has 2 heteroatoms. The third-order valence-corrected chi connectivity index (χ3v) is 1.98. The van der Waals surface area contributed by atoms with Gasteiger partial charge in [-0.2, -0.15) is 0 Å². The predicted octanol–water partition coefficient (Wildman–Crippen LogP) is 1.56. The first-order valence-corrected chi connectivity index (χ1v) is 4.56. The molecule has 0 aromatic rings. The maximum Gasteiger partial charge on any atom is 0.0481 e. The maximum atomic E-state index is 8.72. The van der Waals surface area contributed by atoms with Crippen LogP contribution >= 0.6 is 0 Å². The zero-order chi connectivity index (χ0) is 8.53. The SMILES string of the molecule is CCCCCCC(CO)CO. The smallest absolute Gasteiger partial charge is 0.0481 e. The van der Waals surface area contributed by atoms with E-state index in [1.165, 1.54) is 19.3 Å². The molecule has 0 aromatic heterocycles. The molecule has 0 aliphatic heterocycles. The van der Waals surface area contributed by atoms with Crippen LogP contribution in [0.1, 0.15) is 39.0 Å². The molecule has 0 unspecified atom stereocenters. The summed E-state index contributed by atoms with van der Waals surface area (Å²) in [4.78, 5) is 0. The second-order valence-corrected chi connectivity index (χ2v) is 3.08. The molecule has 0 fully saturated rings. The van der Waals surface area contributed by atoms with Crippen molar-refractivity contribution < 1.29 is 10.2 Å². The largest absolute Gasteiger partial charge is 0.396 e. The lowest BCUT2D eigenvalue weighted by molar-refractivity contribution is 0.141. The monoisotopic (exact) mass is 160 g/mol. The highest BCUT2D eigenvalue weighted by molar-refractivity contribution is 4.55. The Morgan fingerprint density at radius 1 is 1.00 bits per heavy atom. The zero-order valence-corrected chi connectivity index (χ0v) is 7.42. The summed E-state index contributed by atoms with van der Waals surface area (Å²) < 4.78 is 0. The summed E-state index contributed by atoms with van der Waals surface area (Å²) in [5.74, 6) is 0.117. The van der Waals surface area contributed by atoms with Gasteiger partial charge >= 0.3 is 0 Å². The van der Waals surface area contributed by atoms with Gasteiger partial charge in [-0.25, -0.2) is 0 Å². The molecule has 0 aromatic carbocycles. The van der Waals surface area contributed by atoms with Crippen molar-refractivity contribution in [3.8, 4) is 0 Å². The standard InChI is InChI=1S/C9H20O2/c1-2-3-4-5-6-9(7-10)8-11/h9-11H,2-8H2,1H3. The molecule has 68 valence electrons. The van der Waals surface area contributed by atoms with Crippen molar-refractivity contribution in [3.05, 3.63) is 0 Å². The second kappa shape index (κ2) is 8.02. The lowest BCUT2D eigenvalue weighted by Crippen LogP contribution is -2.10. The molecule has 0 bridgehead atoms. The third kappa shape index (κ3) is 6.32. The molecule has 0 aliphatic rings. The van der Waals surface area contributed by atoms with Crippen LogP contribution in [0, 0.1) is 5.92 Å². The first-order chi connectivity index (χ1) is 5.35. The highest BCUT2D eigenvalue weighted by atomic mass is 16.3. The van der Waals surface area contributed by atoms with Gasteiger partial charge in [0.15, 0.2) is 0 Å². The van der Waals surface area contributed by atoms with Gasteiger partial charge in [-0.3, -0.25) is 0 Å². The van der Waals surface area contributed by atoms with E-state index in [4.69, 9.17) is 10.2 Å². The van der Waals surface area contributed by atoms with E-state index in [1.807, 2.05) is 0 Å². The van der Waals surface area contributed by atoms with E-state index in [0.29, 0.717) is 0 Å². The third-order valence-electron chi connectivity index (χ3n) is 1.98. The van der Waals surface area contributed by atoms with Gasteiger partial charge in [0.2, 0.25) is 0 Å². The average Bonchev–Trinajstić information content (AvgIpc) is 2.05. The van der Waals surface area contributed by atoms with Crippen LogP contribution in [0.2, 0.25) is 0 Å². The number of rotatable bonds is 7. The Morgan fingerprint density at radius 3 is 2.09 bits per heavy atom. The first kappa shape index (κ1) is 10.9. The van der Waals surface area contributed by atoms with Crippen molar-refractivity contribution in [1.82, 2.24) is 0 Å². The van der Waals surface area contributed by atoms with Gasteiger partial charge in [0.05, 0.1) is 0 Å². The van der Waals surface area contributed by atoms with Gasteiger partial charge in [0, 0.05) is 19.1 Å². The normalized spacial score (nSPS) is 10.9. The van der Waals surface area contributed by atoms with Gasteiger partial charge in [0.1, 0.15) is 0 Å². The highest BCUT2D eigenvalue weighted by Gasteiger charge is 2.03. The Kier molecular flexibility index (Phi) is 7.96. The van der Waals surface area contributed by atoms with Gasteiger partial charge in [-0.05, 0) is 6.42 Å². The summed E-state index contributed by atoms with van der Waals surface area (Å²) in [5.41, 5.74) is 0. The minimum absolute atomic E-state index is 0.117. The van der Waals surface area contributed by atoms with Crippen molar-refractivity contribution in [2.45, 2.75) is 39.0 Å². The molecular weight excluding hydrogens is 140 g/mol. The summed E-state index contributed by atoms with van der Waals surface area (Å²) in [6, 6.07) is 0. The molecule has 0 aliphatic carbocycles. The quantitative estimate of drug-likeness (QED) is 0.555. The number of aliphatic hydroxyl groups excluding tert-OH is 2. The van der Waals surface area contributed by atoms with E-state index in [2.05, 4.69) is 6.92 Å². The van der Waals surface area contributed by atoms with Crippen LogP contribution in [-0.4, -0.2) is 23.4 Å². The van der Waals surface area contributed by atoms with E-state index in [0.717, 1.165) is 12.8 Å². The van der Waals surface area contributed by atoms with Crippen LogP contribution in [0.3, 0.4) is 0 Å². The summed E-state index contributed by atoms with van der Waals surface area (Å²) in [7, 11) is 0. The van der Waals surface area contributed by atoms with Crippen LogP contribution in [0.15, 0.2) is 0 Å². The Hall–Kier alpha value is -0.0800. The van der Waals surface area contributed by atoms with Crippen LogP contribution in [0.5, 0.6) is 0 Å². The van der Waals surface area contributed by atoms with E-state index >= 15 is 0 Å². The summed E-state index contributed by atoms with van der Waals surface area (Å²) >= 11 is 0. The molecule has 0 atom stereocenters. The van der Waals surface area contributed by atoms with Gasteiger partial charge in [0.25, 0.3) is 0 Å². The maximum absolute atomic E-state index is 8.72. The van der Waals surface area contributed by atoms with E-state index in [9.17, 15) is 0 Å². The molecule has 0 radical (unpaired) electrons. The topological polar surface area (TPSA) is 40.5 Å². The molecule has 11 heavy (non-hydrogen) atoms. The Morgan fingerprint density at radius 2 is 1.64 bits per heavy atom. The van der Waals surface area contributed by atoms with Crippen LogP contribution in [0.4, 0.5) is 0 Å². The number of hydrogen-bond donors (Lipinski definition) is 2. The fraction of sp³-hybridized carbons (Fsp3) is 1.00. The van der Waals surface area contributed by atoms with Crippen molar-refractivity contribution in [2.24, 2.45) is 5.92 Å². The molecule has 0 amide bonds. The highest BCUT2D eigenvalue weighted by Crippen LogP contribution is 2.09. The first-order valence-electron chi connectivity index (χ1n) is 4.56. The van der Waals surface area contributed by atoms with Gasteiger partial charge in [-0.1, -0.05) is 32.6 Å². The Labute approximate surface area is 69.2 Å². The van der Waals surface area contributed by atoms with Crippen LogP contribution < -0.4 is 0 Å². The summed E-state index contributed by atoms with van der Waals surface area (Å²) in [6.45, 7) is 2.43. The fourth-order valence-electron chi connectivity index (χ4n) is 1.10. The molecule has 2 N–H and O–H groups in total. The van der Waals surface area contributed by atoms with Crippen LogP contribution in [0.25, 0.3) is 0 Å². The van der Waals surface area contributed by atoms with Crippen molar-refractivity contribution in [3.63, 3.8) is 0 Å². The average molecular weight is 160 g/mol. The number of hydrogen-bond acceptors (Lipinski definition) is 2. The molecule has 2 nitrogen and oxygen atoms in total. The van der Waals surface area contributed by atoms with Crippen LogP contribution in [-0.2, 0) is 0 Å². The Balaban J connectivity index is 3.07. The molecule has 0 saturated heterocycles. The van der Waals surface area contributed by atoms with Crippen molar-refractivity contribution in [2.75, 3.05) is 13.2 Å². The van der Waals surface area contributed by atoms with Gasteiger partial charge in [-0.15, -0.1) is 0 Å². The zero-order valence-electron chi connectivity index (χ0n) is 7.42. The number of unbranched alkanes of at least 4 members (excludes halogenated alkanes) is 3. The van der Waals surface area contributed by atoms with Crippen molar-refractivity contribution >= 4 is 0 Å². The molecule has 0 heterocycles. The van der Waals surface area contributed by atoms with Gasteiger partial charge < -0.3 is 10.2 Å². The van der Waals surface area contributed by atoms with Crippen molar-refractivity contribution in [1.29, 1.82) is 0 Å². The van der Waals surface area contributed by atoms with E-state index in [-0.39, 0.29) is 19.1 Å². The molecular formula is C9H20O2. The fourth-order valence-corrected chi connectivity index (χ4v) is 1.10. The summed E-state index contributed by atoms with van der Waals surface area (Å²) in [5, 5.41) is 17.4. The minimum atomic E-state index is 0.117. The lowest BCUT2D eigenvalue weighted by atomic mass is 10.0. The van der Waals surface area contributed by atoms with E-state index < -0.39 is 0 Å². The summed E-state index contributed by atoms with van der Waals surface area (Å²) in [6.07, 6.45) is 5.84. The lowest BCUT2D eigenvalue weighted by Gasteiger charge is -2.09.